The van der Waals surface area contributed by atoms with Crippen molar-refractivity contribution in [2.75, 3.05) is 32.7 Å². The van der Waals surface area contributed by atoms with Crippen LogP contribution in [0.5, 0.6) is 0 Å². The fraction of sp³-hybridized carbons (Fsp3) is 0.333. The van der Waals surface area contributed by atoms with Crippen LogP contribution in [-0.4, -0.2) is 60.3 Å². The Morgan fingerprint density at radius 1 is 0.974 bits per heavy atom. The Kier molecular flexibility index (Phi) is 6.82. The van der Waals surface area contributed by atoms with Crippen LogP contribution in [0, 0.1) is 5.92 Å². The van der Waals surface area contributed by atoms with Crippen molar-refractivity contribution in [2.24, 2.45) is 5.92 Å². The third-order valence-electron chi connectivity index (χ3n) is 8.21. The Balaban J connectivity index is 1.13. The topological polar surface area (TPSA) is 75.6 Å². The van der Waals surface area contributed by atoms with E-state index < -0.39 is 11.6 Å². The van der Waals surface area contributed by atoms with Gasteiger partial charge in [0.05, 0.1) is 31.1 Å². The molecule has 1 amide bonds. The first-order chi connectivity index (χ1) is 18.5. The monoisotopic (exact) mass is 547 g/mol. The summed E-state index contributed by atoms with van der Waals surface area (Å²) in [4.78, 5) is 27.2. The number of fused-ring (bicyclic) bond motifs is 4. The average Bonchev–Trinajstić information content (AvgIpc) is 3.57. The number of rotatable bonds is 8. The smallest absolute Gasteiger partial charge is 0.348 e. The zero-order valence-corrected chi connectivity index (χ0v) is 22.7. The first kappa shape index (κ1) is 25.2. The summed E-state index contributed by atoms with van der Waals surface area (Å²) in [6, 6.07) is 22.1. The highest BCUT2D eigenvalue weighted by Gasteiger charge is 2.50. The number of benzene rings is 2. The maximum atomic E-state index is 13.7. The third-order valence-corrected chi connectivity index (χ3v) is 10.3. The summed E-state index contributed by atoms with van der Waals surface area (Å²) < 4.78 is 9.28. The molecular weight excluding hydrogens is 516 g/mol. The summed E-state index contributed by atoms with van der Waals surface area (Å²) in [6.07, 6.45) is 1.69. The number of thiophene rings is 2. The summed E-state index contributed by atoms with van der Waals surface area (Å²) in [5.41, 5.74) is -0.878. The second-order valence-corrected chi connectivity index (χ2v) is 12.5. The Bertz CT molecular complexity index is 1360. The zero-order chi connectivity index (χ0) is 26.2. The van der Waals surface area contributed by atoms with E-state index in [9.17, 15) is 14.7 Å². The van der Waals surface area contributed by atoms with E-state index in [1.165, 1.54) is 11.3 Å². The molecule has 3 fully saturated rings. The molecule has 8 heteroatoms. The van der Waals surface area contributed by atoms with E-state index in [0.29, 0.717) is 30.1 Å². The van der Waals surface area contributed by atoms with Gasteiger partial charge in [0.2, 0.25) is 5.60 Å². The fourth-order valence-corrected chi connectivity index (χ4v) is 8.05. The van der Waals surface area contributed by atoms with Crippen molar-refractivity contribution >= 4 is 43.9 Å². The minimum atomic E-state index is -1.87. The number of amides is 1. The summed E-state index contributed by atoms with van der Waals surface area (Å²) in [6.45, 7) is 4.12. The zero-order valence-electron chi connectivity index (χ0n) is 21.0. The van der Waals surface area contributed by atoms with Gasteiger partial charge in [-0.1, -0.05) is 60.7 Å². The molecule has 0 radical (unpaired) electrons. The number of carbonyl (C=O) groups is 2. The van der Waals surface area contributed by atoms with E-state index >= 15 is 0 Å². The van der Waals surface area contributed by atoms with Gasteiger partial charge in [0.1, 0.15) is 6.54 Å². The highest BCUT2D eigenvalue weighted by Crippen LogP contribution is 2.38. The van der Waals surface area contributed by atoms with E-state index in [1.807, 2.05) is 47.8 Å². The maximum absolute atomic E-state index is 13.7. The van der Waals surface area contributed by atoms with Gasteiger partial charge >= 0.3 is 5.97 Å². The Labute approximate surface area is 230 Å². The van der Waals surface area contributed by atoms with Crippen molar-refractivity contribution < 1.29 is 23.9 Å². The van der Waals surface area contributed by atoms with Crippen LogP contribution in [0.3, 0.4) is 0 Å². The molecule has 3 aliphatic rings. The summed E-state index contributed by atoms with van der Waals surface area (Å²) in [5.74, 6) is -0.358. The summed E-state index contributed by atoms with van der Waals surface area (Å²) in [7, 11) is 0. The number of aliphatic hydroxyl groups is 1. The molecule has 4 aromatic rings. The van der Waals surface area contributed by atoms with Crippen molar-refractivity contribution in [3.8, 4) is 0 Å². The lowest BCUT2D eigenvalue weighted by atomic mass is 9.82. The SMILES string of the molecule is O=C(NCC[N+]12CCC(CC1)[C@@H](OC(=O)C(O)(c1ccccc1)c1ccccc1)C2)c1cc2sccc2s1. The number of hydrogen-bond donors (Lipinski definition) is 2. The third kappa shape index (κ3) is 4.66. The predicted molar refractivity (Wildman–Crippen MR) is 150 cm³/mol. The van der Waals surface area contributed by atoms with Crippen LogP contribution in [0.4, 0.5) is 0 Å². The molecule has 1 atom stereocenters. The van der Waals surface area contributed by atoms with Crippen LogP contribution < -0.4 is 5.32 Å². The van der Waals surface area contributed by atoms with Gasteiger partial charge in [-0.2, -0.15) is 0 Å². The molecule has 0 unspecified atom stereocenters. The Morgan fingerprint density at radius 3 is 2.26 bits per heavy atom. The standard InChI is InChI=1S/C30H30N2O4S2/c33-28(27-19-26-25(38-27)13-18-37-26)31-14-17-32-15-11-21(12-16-32)24(20-32)36-29(34)30(35,22-7-3-1-4-8-22)23-9-5-2-6-10-23/h1-10,13,18-19,21,24,35H,11-12,14-17,20H2/p+1/t21?,24-,32?/m0/s1. The van der Waals surface area contributed by atoms with Crippen molar-refractivity contribution in [1.82, 2.24) is 5.32 Å². The molecule has 2 aromatic carbocycles. The molecule has 38 heavy (non-hydrogen) atoms. The lowest BCUT2D eigenvalue weighted by Gasteiger charge is -2.52. The molecule has 3 saturated heterocycles. The van der Waals surface area contributed by atoms with Gasteiger partial charge in [-0.05, 0) is 28.6 Å². The number of quaternary nitrogens is 1. The quantitative estimate of drug-likeness (QED) is 0.246. The van der Waals surface area contributed by atoms with Gasteiger partial charge in [0, 0.05) is 28.2 Å². The number of nitrogens with zero attached hydrogens (tertiary/aromatic N) is 1. The van der Waals surface area contributed by atoms with Crippen molar-refractivity contribution in [1.29, 1.82) is 0 Å². The normalized spacial score (nSPS) is 22.9. The lowest BCUT2D eigenvalue weighted by Crippen LogP contribution is -2.66. The molecule has 3 aliphatic heterocycles. The summed E-state index contributed by atoms with van der Waals surface area (Å²) in [5, 5.41) is 17.0. The van der Waals surface area contributed by atoms with Crippen molar-refractivity contribution in [3.05, 3.63) is 94.2 Å². The average molecular weight is 548 g/mol. The number of ether oxygens (including phenoxy) is 1. The van der Waals surface area contributed by atoms with Gasteiger partial charge in [-0.15, -0.1) is 22.7 Å². The first-order valence-electron chi connectivity index (χ1n) is 13.1. The fourth-order valence-electron chi connectivity index (χ4n) is 6.02. The minimum Gasteiger partial charge on any atom is -0.453 e. The lowest BCUT2D eigenvalue weighted by molar-refractivity contribution is -0.945. The molecule has 5 heterocycles. The molecule has 2 N–H and O–H groups in total. The van der Waals surface area contributed by atoms with Gasteiger partial charge < -0.3 is 19.6 Å². The van der Waals surface area contributed by atoms with Gasteiger partial charge in [0.25, 0.3) is 5.91 Å². The van der Waals surface area contributed by atoms with Crippen LogP contribution in [0.15, 0.2) is 78.2 Å². The highest BCUT2D eigenvalue weighted by atomic mass is 32.1. The number of nitrogens with one attached hydrogen (secondary N) is 1. The molecule has 2 bridgehead atoms. The van der Waals surface area contributed by atoms with E-state index in [-0.39, 0.29) is 12.0 Å². The van der Waals surface area contributed by atoms with E-state index in [1.54, 1.807) is 35.6 Å². The second-order valence-electron chi connectivity index (χ2n) is 10.4. The highest BCUT2D eigenvalue weighted by molar-refractivity contribution is 7.27. The number of hydrogen-bond acceptors (Lipinski definition) is 6. The van der Waals surface area contributed by atoms with Crippen LogP contribution in [-0.2, 0) is 15.1 Å². The van der Waals surface area contributed by atoms with Crippen LogP contribution in [0.2, 0.25) is 0 Å². The van der Waals surface area contributed by atoms with Crippen LogP contribution >= 0.6 is 22.7 Å². The first-order valence-corrected chi connectivity index (χ1v) is 14.8. The summed E-state index contributed by atoms with van der Waals surface area (Å²) >= 11 is 3.18. The van der Waals surface area contributed by atoms with Gasteiger partial charge in [0.15, 0.2) is 6.10 Å². The van der Waals surface area contributed by atoms with Crippen molar-refractivity contribution in [2.45, 2.75) is 24.5 Å². The minimum absolute atomic E-state index is 0.0257. The molecule has 196 valence electrons. The Hall–Kier alpha value is -3.04. The molecule has 0 aliphatic carbocycles. The number of carbonyl (C=O) groups excluding carboxylic acids is 2. The van der Waals surface area contributed by atoms with Crippen molar-refractivity contribution in [3.63, 3.8) is 0 Å². The largest absolute Gasteiger partial charge is 0.453 e. The number of esters is 1. The number of piperidine rings is 3. The van der Waals surface area contributed by atoms with Crippen LogP contribution in [0.25, 0.3) is 9.40 Å². The van der Waals surface area contributed by atoms with E-state index in [4.69, 9.17) is 4.74 Å². The molecule has 2 aromatic heterocycles. The maximum Gasteiger partial charge on any atom is 0.348 e. The molecule has 0 spiro atoms. The van der Waals surface area contributed by atoms with Gasteiger partial charge in [-0.25, -0.2) is 4.79 Å². The Morgan fingerprint density at radius 2 is 1.63 bits per heavy atom. The predicted octanol–water partition coefficient (Wildman–Crippen LogP) is 4.78. The van der Waals surface area contributed by atoms with Crippen LogP contribution in [0.1, 0.15) is 33.6 Å². The van der Waals surface area contributed by atoms with Gasteiger partial charge in [-0.3, -0.25) is 4.79 Å². The van der Waals surface area contributed by atoms with E-state index in [2.05, 4.69) is 11.4 Å². The second kappa shape index (κ2) is 10.3. The molecule has 6 nitrogen and oxygen atoms in total. The molecule has 7 rings (SSSR count). The molecular formula is C30H31N2O4S2+. The molecule has 0 saturated carbocycles. The van der Waals surface area contributed by atoms with E-state index in [0.717, 1.165) is 51.2 Å².